The average Bonchev–Trinajstić information content (AvgIpc) is 2.85. The highest BCUT2D eigenvalue weighted by Crippen LogP contribution is 2.51. The maximum absolute atomic E-state index is 14.6. The molecule has 3 aliphatic rings. The summed E-state index contributed by atoms with van der Waals surface area (Å²) in [6.07, 6.45) is 25.1. The molecule has 0 radical (unpaired) electrons. The molecular formula is C32H49F. The van der Waals surface area contributed by atoms with Gasteiger partial charge < -0.3 is 0 Å². The Morgan fingerprint density at radius 3 is 2.27 bits per heavy atom. The van der Waals surface area contributed by atoms with E-state index in [4.69, 9.17) is 0 Å². The van der Waals surface area contributed by atoms with E-state index in [0.29, 0.717) is 5.92 Å². The number of fused-ring (bicyclic) bond motifs is 1. The molecule has 1 aromatic carbocycles. The smallest absolute Gasteiger partial charge is 0.126 e. The summed E-state index contributed by atoms with van der Waals surface area (Å²) in [5, 5.41) is 0. The number of halogens is 1. The van der Waals surface area contributed by atoms with Crippen LogP contribution < -0.4 is 0 Å². The fourth-order valence-electron chi connectivity index (χ4n) is 7.74. The van der Waals surface area contributed by atoms with E-state index in [1.54, 1.807) is 0 Å². The van der Waals surface area contributed by atoms with E-state index in [9.17, 15) is 4.39 Å². The maximum atomic E-state index is 14.6. The van der Waals surface area contributed by atoms with Crippen molar-refractivity contribution in [2.45, 2.75) is 122 Å². The van der Waals surface area contributed by atoms with Crippen LogP contribution in [0.1, 0.15) is 127 Å². The molecular weight excluding hydrogens is 403 g/mol. The van der Waals surface area contributed by atoms with E-state index in [2.05, 4.69) is 19.6 Å². The zero-order valence-electron chi connectivity index (χ0n) is 21.4. The number of unbranched alkanes of at least 4 members (excludes halogenated alkanes) is 3. The lowest BCUT2D eigenvalue weighted by Gasteiger charge is -2.45. The summed E-state index contributed by atoms with van der Waals surface area (Å²) in [6, 6.07) is 6.12. The van der Waals surface area contributed by atoms with E-state index in [0.717, 1.165) is 48.0 Å². The SMILES string of the molecule is C=CCCc1ccc(C2CCC3CC(C4CCC(CCCCCC)CC4)CCC3C2)cc1F. The largest absolute Gasteiger partial charge is 0.207 e. The third-order valence-electron chi connectivity index (χ3n) is 9.84. The van der Waals surface area contributed by atoms with Crippen molar-refractivity contribution in [1.82, 2.24) is 0 Å². The molecule has 0 spiro atoms. The highest BCUT2D eigenvalue weighted by atomic mass is 19.1. The van der Waals surface area contributed by atoms with Gasteiger partial charge in [0.05, 0.1) is 0 Å². The first-order valence-corrected chi connectivity index (χ1v) is 14.6. The van der Waals surface area contributed by atoms with Gasteiger partial charge in [0, 0.05) is 0 Å². The van der Waals surface area contributed by atoms with Gasteiger partial charge in [0.15, 0.2) is 0 Å². The Labute approximate surface area is 203 Å². The predicted octanol–water partition coefficient (Wildman–Crippen LogP) is 10.0. The minimum Gasteiger partial charge on any atom is -0.207 e. The van der Waals surface area contributed by atoms with Gasteiger partial charge >= 0.3 is 0 Å². The quantitative estimate of drug-likeness (QED) is 0.245. The first kappa shape index (κ1) is 25.0. The number of rotatable bonds is 10. The van der Waals surface area contributed by atoms with Crippen molar-refractivity contribution in [1.29, 1.82) is 0 Å². The Morgan fingerprint density at radius 2 is 1.55 bits per heavy atom. The fourth-order valence-corrected chi connectivity index (χ4v) is 7.74. The molecule has 0 saturated heterocycles. The van der Waals surface area contributed by atoms with Crippen LogP contribution in [-0.2, 0) is 6.42 Å². The van der Waals surface area contributed by atoms with Crippen LogP contribution in [0.5, 0.6) is 0 Å². The molecule has 3 saturated carbocycles. The van der Waals surface area contributed by atoms with E-state index >= 15 is 0 Å². The van der Waals surface area contributed by atoms with Gasteiger partial charge in [-0.15, -0.1) is 6.58 Å². The summed E-state index contributed by atoms with van der Waals surface area (Å²) >= 11 is 0. The Hall–Kier alpha value is -1.11. The van der Waals surface area contributed by atoms with Gasteiger partial charge in [0.2, 0.25) is 0 Å². The van der Waals surface area contributed by atoms with Crippen LogP contribution in [0.25, 0.3) is 0 Å². The minimum atomic E-state index is 0.00106. The monoisotopic (exact) mass is 452 g/mol. The summed E-state index contributed by atoms with van der Waals surface area (Å²) in [5.74, 6) is 5.48. The van der Waals surface area contributed by atoms with Gasteiger partial charge in [-0.3, -0.25) is 0 Å². The Balaban J connectivity index is 1.22. The van der Waals surface area contributed by atoms with Crippen molar-refractivity contribution in [3.63, 3.8) is 0 Å². The molecule has 4 rings (SSSR count). The number of allylic oxidation sites excluding steroid dienone is 1. The lowest BCUT2D eigenvalue weighted by molar-refractivity contribution is 0.0710. The van der Waals surface area contributed by atoms with Crippen molar-refractivity contribution < 1.29 is 4.39 Å². The van der Waals surface area contributed by atoms with Crippen LogP contribution in [-0.4, -0.2) is 0 Å². The van der Waals surface area contributed by atoms with Gasteiger partial charge in [-0.05, 0) is 117 Å². The molecule has 0 aliphatic heterocycles. The van der Waals surface area contributed by atoms with Crippen LogP contribution in [0.15, 0.2) is 30.9 Å². The first-order valence-electron chi connectivity index (χ1n) is 14.6. The Kier molecular flexibility index (Phi) is 9.51. The second-order valence-electron chi connectivity index (χ2n) is 11.9. The summed E-state index contributed by atoms with van der Waals surface area (Å²) in [7, 11) is 0. The van der Waals surface area contributed by atoms with Crippen molar-refractivity contribution in [2.24, 2.45) is 29.6 Å². The van der Waals surface area contributed by atoms with E-state index in [1.807, 2.05) is 18.2 Å². The molecule has 1 aromatic rings. The molecule has 0 nitrogen and oxygen atoms in total. The number of benzene rings is 1. The van der Waals surface area contributed by atoms with Gasteiger partial charge in [-0.25, -0.2) is 4.39 Å². The lowest BCUT2D eigenvalue weighted by Crippen LogP contribution is -2.34. The van der Waals surface area contributed by atoms with Crippen molar-refractivity contribution in [3.05, 3.63) is 47.8 Å². The third-order valence-corrected chi connectivity index (χ3v) is 9.84. The summed E-state index contributed by atoms with van der Waals surface area (Å²) in [6.45, 7) is 6.08. The molecule has 0 amide bonds. The molecule has 3 aliphatic carbocycles. The molecule has 0 heterocycles. The number of hydrogen-bond acceptors (Lipinski definition) is 0. The highest BCUT2D eigenvalue weighted by molar-refractivity contribution is 5.28. The number of aryl methyl sites for hydroxylation is 1. The number of hydrogen-bond donors (Lipinski definition) is 0. The normalized spacial score (nSPS) is 32.3. The van der Waals surface area contributed by atoms with Crippen molar-refractivity contribution in [2.75, 3.05) is 0 Å². The van der Waals surface area contributed by atoms with Crippen LogP contribution in [0.4, 0.5) is 4.39 Å². The first-order chi connectivity index (χ1) is 16.2. The predicted molar refractivity (Wildman–Crippen MR) is 140 cm³/mol. The van der Waals surface area contributed by atoms with Gasteiger partial charge in [0.25, 0.3) is 0 Å². The molecule has 33 heavy (non-hydrogen) atoms. The van der Waals surface area contributed by atoms with Crippen LogP contribution in [0.3, 0.4) is 0 Å². The van der Waals surface area contributed by atoms with Crippen LogP contribution in [0.2, 0.25) is 0 Å². The third kappa shape index (κ3) is 6.73. The van der Waals surface area contributed by atoms with Gasteiger partial charge in [0.1, 0.15) is 5.82 Å². The minimum absolute atomic E-state index is 0.00106. The lowest BCUT2D eigenvalue weighted by atomic mass is 9.60. The molecule has 0 bridgehead atoms. The molecule has 4 unspecified atom stereocenters. The van der Waals surface area contributed by atoms with E-state index in [-0.39, 0.29) is 5.82 Å². The molecule has 0 aromatic heterocycles. The topological polar surface area (TPSA) is 0 Å². The second-order valence-corrected chi connectivity index (χ2v) is 11.9. The standard InChI is InChI=1S/C32H49F/c1-3-5-7-8-9-24-11-13-25(14-12-24)27-17-18-29-22-30(20-19-28(29)21-27)31-16-15-26(10-6-4-2)32(33)23-31/h4,15-16,23-25,27-30H,2-3,5-14,17-22H2,1H3. The van der Waals surface area contributed by atoms with Gasteiger partial charge in [-0.1, -0.05) is 70.1 Å². The Bertz CT molecular complexity index is 728. The molecule has 0 N–H and O–H groups in total. The van der Waals surface area contributed by atoms with Crippen LogP contribution in [0, 0.1) is 35.4 Å². The summed E-state index contributed by atoms with van der Waals surface area (Å²) in [5.41, 5.74) is 2.11. The van der Waals surface area contributed by atoms with Gasteiger partial charge in [-0.2, -0.15) is 0 Å². The maximum Gasteiger partial charge on any atom is 0.126 e. The Morgan fingerprint density at radius 1 is 0.848 bits per heavy atom. The molecule has 4 atom stereocenters. The molecule has 3 fully saturated rings. The zero-order chi connectivity index (χ0) is 23.0. The highest BCUT2D eigenvalue weighted by Gasteiger charge is 2.39. The summed E-state index contributed by atoms with van der Waals surface area (Å²) < 4.78 is 14.6. The van der Waals surface area contributed by atoms with Crippen molar-refractivity contribution in [3.8, 4) is 0 Å². The van der Waals surface area contributed by atoms with E-state index < -0.39 is 0 Å². The van der Waals surface area contributed by atoms with E-state index in [1.165, 1.54) is 102 Å². The van der Waals surface area contributed by atoms with Crippen molar-refractivity contribution >= 4 is 0 Å². The molecule has 1 heteroatoms. The van der Waals surface area contributed by atoms with Crippen LogP contribution >= 0.6 is 0 Å². The summed E-state index contributed by atoms with van der Waals surface area (Å²) in [4.78, 5) is 0. The average molecular weight is 453 g/mol. The molecule has 184 valence electrons. The fraction of sp³-hybridized carbons (Fsp3) is 0.750. The second kappa shape index (κ2) is 12.6. The zero-order valence-corrected chi connectivity index (χ0v) is 21.4.